The summed E-state index contributed by atoms with van der Waals surface area (Å²) in [6.45, 7) is 3.01. The van der Waals surface area contributed by atoms with Gasteiger partial charge in [0.1, 0.15) is 5.01 Å². The molecule has 3 heterocycles. The van der Waals surface area contributed by atoms with Crippen molar-refractivity contribution in [3.63, 3.8) is 0 Å². The van der Waals surface area contributed by atoms with Crippen LogP contribution in [0, 0.1) is 0 Å². The summed E-state index contributed by atoms with van der Waals surface area (Å²) >= 11 is 4.81. The van der Waals surface area contributed by atoms with Crippen LogP contribution in [0.3, 0.4) is 0 Å². The van der Waals surface area contributed by atoms with Crippen molar-refractivity contribution in [1.82, 2.24) is 25.0 Å². The van der Waals surface area contributed by atoms with E-state index in [0.29, 0.717) is 11.0 Å². The highest BCUT2D eigenvalue weighted by Gasteiger charge is 2.23. The Labute approximate surface area is 206 Å². The van der Waals surface area contributed by atoms with Gasteiger partial charge < -0.3 is 4.57 Å². The Morgan fingerprint density at radius 2 is 1.97 bits per heavy atom. The van der Waals surface area contributed by atoms with Crippen LogP contribution >= 0.6 is 34.4 Å². The maximum atomic E-state index is 12.6. The molecule has 0 radical (unpaired) electrons. The molecule has 0 unspecified atom stereocenters. The minimum absolute atomic E-state index is 0.0770. The molecule has 0 saturated heterocycles. The highest BCUT2D eigenvalue weighted by Crippen LogP contribution is 2.37. The number of aryl methyl sites for hydroxylation is 1. The van der Waals surface area contributed by atoms with E-state index in [9.17, 15) is 4.79 Å². The van der Waals surface area contributed by atoms with Gasteiger partial charge in [-0.05, 0) is 50.5 Å². The largest absolute Gasteiger partial charge is 0.302 e. The smallest absolute Gasteiger partial charge is 0.236 e. The highest BCUT2D eigenvalue weighted by atomic mass is 32.2. The first kappa shape index (κ1) is 23.0. The van der Waals surface area contributed by atoms with Crippen molar-refractivity contribution in [3.05, 3.63) is 20.8 Å². The van der Waals surface area contributed by atoms with Crippen molar-refractivity contribution in [2.75, 3.05) is 11.1 Å². The van der Waals surface area contributed by atoms with Gasteiger partial charge in [-0.1, -0.05) is 49.3 Å². The molecule has 0 bridgehead atoms. The number of hydrogen-bond donors (Lipinski definition) is 1. The van der Waals surface area contributed by atoms with E-state index >= 15 is 0 Å². The molecular formula is C23H30N6OS3. The molecule has 2 aliphatic carbocycles. The zero-order valence-corrected chi connectivity index (χ0v) is 21.5. The van der Waals surface area contributed by atoms with E-state index in [1.807, 2.05) is 11.3 Å². The molecule has 3 aromatic heterocycles. The molecule has 1 saturated carbocycles. The van der Waals surface area contributed by atoms with E-state index in [1.165, 1.54) is 90.5 Å². The van der Waals surface area contributed by atoms with Gasteiger partial charge in [0, 0.05) is 28.3 Å². The predicted molar refractivity (Wildman–Crippen MR) is 135 cm³/mol. The van der Waals surface area contributed by atoms with Crippen LogP contribution in [0.4, 0.5) is 5.13 Å². The van der Waals surface area contributed by atoms with E-state index in [4.69, 9.17) is 0 Å². The van der Waals surface area contributed by atoms with Gasteiger partial charge in [-0.15, -0.1) is 31.7 Å². The van der Waals surface area contributed by atoms with E-state index in [2.05, 4.69) is 42.6 Å². The Morgan fingerprint density at radius 3 is 2.82 bits per heavy atom. The van der Waals surface area contributed by atoms with Crippen LogP contribution in [0.15, 0.2) is 10.5 Å². The maximum Gasteiger partial charge on any atom is 0.236 e. The van der Waals surface area contributed by atoms with Gasteiger partial charge in [-0.2, -0.15) is 0 Å². The summed E-state index contributed by atoms with van der Waals surface area (Å²) < 4.78 is 2.18. The molecule has 0 aromatic carbocycles. The van der Waals surface area contributed by atoms with E-state index in [1.54, 1.807) is 0 Å². The highest BCUT2D eigenvalue weighted by molar-refractivity contribution is 7.99. The molecule has 33 heavy (non-hydrogen) atoms. The zero-order chi connectivity index (χ0) is 22.6. The number of anilines is 1. The first-order chi connectivity index (χ1) is 16.2. The van der Waals surface area contributed by atoms with E-state index < -0.39 is 0 Å². The Morgan fingerprint density at radius 1 is 1.12 bits per heavy atom. The molecule has 2 aliphatic rings. The summed E-state index contributed by atoms with van der Waals surface area (Å²) in [6, 6.07) is 0. The van der Waals surface area contributed by atoms with Gasteiger partial charge in [-0.25, -0.2) is 0 Å². The average Bonchev–Trinajstić information content (AvgIpc) is 3.57. The molecule has 176 valence electrons. The Balaban J connectivity index is 1.24. The molecule has 3 aromatic rings. The number of carbonyl (C=O) groups excluding carboxylic acids is 1. The number of thiophene rings is 1. The lowest BCUT2D eigenvalue weighted by molar-refractivity contribution is -0.113. The quantitative estimate of drug-likeness (QED) is 0.385. The second kappa shape index (κ2) is 10.7. The number of hydrogen-bond acceptors (Lipinski definition) is 8. The van der Waals surface area contributed by atoms with Crippen molar-refractivity contribution >= 4 is 45.5 Å². The fraction of sp³-hybridized carbons (Fsp3) is 0.609. The minimum Gasteiger partial charge on any atom is -0.302 e. The van der Waals surface area contributed by atoms with Gasteiger partial charge in [0.05, 0.1) is 5.75 Å². The summed E-state index contributed by atoms with van der Waals surface area (Å²) in [4.78, 5) is 14.1. The third kappa shape index (κ3) is 5.17. The zero-order valence-electron chi connectivity index (χ0n) is 19.0. The molecule has 5 rings (SSSR count). The molecule has 0 atom stereocenters. The van der Waals surface area contributed by atoms with Crippen LogP contribution in [-0.4, -0.2) is 36.6 Å². The van der Waals surface area contributed by atoms with E-state index in [0.717, 1.165) is 35.4 Å². The van der Waals surface area contributed by atoms with Gasteiger partial charge in [0.25, 0.3) is 0 Å². The molecule has 1 fully saturated rings. The number of carbonyl (C=O) groups is 1. The van der Waals surface area contributed by atoms with Crippen LogP contribution in [-0.2, 0) is 24.2 Å². The van der Waals surface area contributed by atoms with Crippen LogP contribution in [0.1, 0.15) is 79.7 Å². The number of fused-ring (bicyclic) bond motifs is 1. The third-order valence-electron chi connectivity index (χ3n) is 6.44. The van der Waals surface area contributed by atoms with Gasteiger partial charge in [-0.3, -0.25) is 10.1 Å². The standard InChI is InChI=1S/C23H30N6OS3/c1-2-12-29-20(17-13-31-18-11-7-6-10-16(17)18)25-28-23(29)32-14-19(30)24-22-27-26-21(33-22)15-8-4-3-5-9-15/h13,15H,2-12,14H2,1H3,(H,24,27,30). The second-order valence-electron chi connectivity index (χ2n) is 8.83. The molecule has 0 spiro atoms. The SMILES string of the molecule is CCCn1c(SCC(=O)Nc2nnc(C3CCCCC3)s2)nnc1-c1csc2c1CCCC2. The van der Waals surface area contributed by atoms with Crippen LogP contribution < -0.4 is 5.32 Å². The topological polar surface area (TPSA) is 85.6 Å². The van der Waals surface area contributed by atoms with Gasteiger partial charge >= 0.3 is 0 Å². The lowest BCUT2D eigenvalue weighted by Crippen LogP contribution is -2.14. The summed E-state index contributed by atoms with van der Waals surface area (Å²) in [7, 11) is 0. The van der Waals surface area contributed by atoms with Crippen molar-refractivity contribution < 1.29 is 4.79 Å². The molecule has 1 amide bonds. The summed E-state index contributed by atoms with van der Waals surface area (Å²) in [6.07, 6.45) is 12.0. The summed E-state index contributed by atoms with van der Waals surface area (Å²) in [5.41, 5.74) is 2.69. The lowest BCUT2D eigenvalue weighted by Gasteiger charge is -2.18. The number of thioether (sulfide) groups is 1. The van der Waals surface area contributed by atoms with Crippen LogP contribution in [0.2, 0.25) is 0 Å². The number of nitrogens with one attached hydrogen (secondary N) is 1. The van der Waals surface area contributed by atoms with Gasteiger partial charge in [0.15, 0.2) is 11.0 Å². The molecule has 10 heteroatoms. The Kier molecular flexibility index (Phi) is 7.42. The lowest BCUT2D eigenvalue weighted by atomic mass is 9.90. The van der Waals surface area contributed by atoms with Crippen molar-refractivity contribution in [1.29, 1.82) is 0 Å². The number of rotatable bonds is 8. The minimum atomic E-state index is -0.0770. The van der Waals surface area contributed by atoms with Gasteiger partial charge in [0.2, 0.25) is 11.0 Å². The van der Waals surface area contributed by atoms with Crippen molar-refractivity contribution in [3.8, 4) is 11.4 Å². The Hall–Kier alpha value is -1.78. The maximum absolute atomic E-state index is 12.6. The monoisotopic (exact) mass is 502 g/mol. The van der Waals surface area contributed by atoms with E-state index in [-0.39, 0.29) is 11.7 Å². The first-order valence-electron chi connectivity index (χ1n) is 12.0. The first-order valence-corrected chi connectivity index (χ1v) is 14.7. The Bertz CT molecular complexity index is 1100. The van der Waals surface area contributed by atoms with Crippen LogP contribution in [0.25, 0.3) is 11.4 Å². The van der Waals surface area contributed by atoms with Crippen molar-refractivity contribution in [2.24, 2.45) is 0 Å². The summed E-state index contributed by atoms with van der Waals surface area (Å²) in [5.74, 6) is 1.65. The number of aromatic nitrogens is 5. The third-order valence-corrected chi connectivity index (χ3v) is 9.50. The summed E-state index contributed by atoms with van der Waals surface area (Å²) in [5, 5.41) is 25.2. The fourth-order valence-electron chi connectivity index (χ4n) is 4.79. The number of nitrogens with zero attached hydrogens (tertiary/aromatic N) is 5. The normalized spacial score (nSPS) is 16.6. The molecule has 7 nitrogen and oxygen atoms in total. The number of amides is 1. The van der Waals surface area contributed by atoms with Crippen LogP contribution in [0.5, 0.6) is 0 Å². The molecule has 1 N–H and O–H groups in total. The molecule has 0 aliphatic heterocycles. The average molecular weight is 503 g/mol. The second-order valence-corrected chi connectivity index (χ2v) is 11.7. The molecular weight excluding hydrogens is 472 g/mol. The fourth-order valence-corrected chi connectivity index (χ4v) is 7.60. The van der Waals surface area contributed by atoms with Crippen molar-refractivity contribution in [2.45, 2.75) is 88.8 Å². The predicted octanol–water partition coefficient (Wildman–Crippen LogP) is 5.93.